The molecule has 0 aromatic carbocycles. The molecule has 0 spiro atoms. The number of aliphatic carboxylic acids is 1. The van der Waals surface area contributed by atoms with Crippen LogP contribution in [-0.4, -0.2) is 89.2 Å². The van der Waals surface area contributed by atoms with Crippen LogP contribution in [0.25, 0.3) is 0 Å². The predicted octanol–water partition coefficient (Wildman–Crippen LogP) is 16.8. The summed E-state index contributed by atoms with van der Waals surface area (Å²) < 4.78 is 28.4. The number of aliphatic hydroxyl groups excluding tert-OH is 2. The third-order valence-corrected chi connectivity index (χ3v) is 13.5. The Morgan fingerprint density at radius 3 is 1.23 bits per heavy atom. The summed E-state index contributed by atoms with van der Waals surface area (Å²) in [6.45, 7) is 5.69. The minimum absolute atomic E-state index is 0.0475. The number of aliphatic hydroxyl groups is 2. The van der Waals surface area contributed by atoms with Gasteiger partial charge in [-0.15, -0.1) is 0 Å². The van der Waals surface area contributed by atoms with Gasteiger partial charge in [-0.2, -0.15) is 0 Å². The number of allylic oxidation sites excluding steroid dienone is 20. The molecule has 1 rings (SSSR count). The van der Waals surface area contributed by atoms with E-state index in [4.69, 9.17) is 23.7 Å². The maximum atomic E-state index is 13.2. The molecule has 0 aromatic heterocycles. The van der Waals surface area contributed by atoms with Crippen molar-refractivity contribution in [3.05, 3.63) is 122 Å². The lowest BCUT2D eigenvalue weighted by molar-refractivity contribution is -0.301. The Kier molecular flexibility index (Phi) is 50.9. The van der Waals surface area contributed by atoms with E-state index in [-0.39, 0.29) is 25.9 Å². The highest BCUT2D eigenvalue weighted by Crippen LogP contribution is 2.26. The smallest absolute Gasteiger partial charge is 0.335 e. The third kappa shape index (κ3) is 45.3. The maximum Gasteiger partial charge on any atom is 0.335 e. The van der Waals surface area contributed by atoms with E-state index in [9.17, 15) is 34.5 Å². The number of hydrogen-bond acceptors (Lipinski definition) is 11. The highest BCUT2D eigenvalue weighted by atomic mass is 16.7. The Morgan fingerprint density at radius 2 is 0.802 bits per heavy atom. The highest BCUT2D eigenvalue weighted by Gasteiger charge is 2.50. The zero-order valence-electron chi connectivity index (χ0n) is 50.5. The van der Waals surface area contributed by atoms with Crippen molar-refractivity contribution in [2.24, 2.45) is 0 Å². The van der Waals surface area contributed by atoms with Crippen molar-refractivity contribution in [1.29, 1.82) is 0 Å². The third-order valence-electron chi connectivity index (χ3n) is 13.5. The van der Waals surface area contributed by atoms with E-state index >= 15 is 0 Å². The topological polar surface area (TPSA) is 175 Å². The van der Waals surface area contributed by atoms with Crippen LogP contribution in [0.4, 0.5) is 0 Å². The number of unbranched alkanes of at least 4 members (excludes halogenated alkanes) is 18. The fourth-order valence-electron chi connectivity index (χ4n) is 8.80. The molecule has 6 unspecified atom stereocenters. The van der Waals surface area contributed by atoms with Gasteiger partial charge in [0, 0.05) is 19.3 Å². The normalized spacial score (nSPS) is 18.6. The van der Waals surface area contributed by atoms with E-state index in [1.165, 1.54) is 64.2 Å². The van der Waals surface area contributed by atoms with Crippen LogP contribution in [0.2, 0.25) is 0 Å². The average molecular weight is 1130 g/mol. The van der Waals surface area contributed by atoms with Crippen LogP contribution in [0.3, 0.4) is 0 Å². The first kappa shape index (κ1) is 74.1. The standard InChI is InChI=1S/C69H110O12/c1-4-7-10-13-16-19-22-25-28-30-31-33-35-37-40-43-46-49-52-55-61(70)77-58-60(79-62(71)56-53-50-47-44-41-39-36-32-29-26-23-20-17-14-11-8-5-2)59-78-69-67(65(74)64(73)66(81-69)68(75)76)80-63(72)57-54-51-48-45-42-38-34-27-24-21-18-15-12-9-6-3/h7-8,10-11,16-17,19-20,25-26,28-29,31,33,36-37,39-40,46,49,60,64-67,69,73-74H,4-6,9,12-15,18,21-24,27,30,32,34-35,38,41-45,47-48,50-59H2,1-3H3,(H,75,76)/b10-7-,11-8-,19-16-,20-17-,28-25-,29-26-,33-31-,39-36-,40-37-,49-46-. The van der Waals surface area contributed by atoms with Crippen LogP contribution in [-0.2, 0) is 42.9 Å². The quantitative estimate of drug-likeness (QED) is 0.0228. The molecule has 1 aliphatic rings. The van der Waals surface area contributed by atoms with E-state index < -0.39 is 67.3 Å². The van der Waals surface area contributed by atoms with Crippen molar-refractivity contribution < 1.29 is 58.2 Å². The Hall–Kier alpha value is -4.88. The average Bonchev–Trinajstić information content (AvgIpc) is 3.53. The van der Waals surface area contributed by atoms with Crippen LogP contribution in [0.1, 0.15) is 239 Å². The summed E-state index contributed by atoms with van der Waals surface area (Å²) in [4.78, 5) is 51.2. The zero-order valence-corrected chi connectivity index (χ0v) is 50.5. The largest absolute Gasteiger partial charge is 0.479 e. The van der Waals surface area contributed by atoms with E-state index in [1.54, 1.807) is 0 Å². The van der Waals surface area contributed by atoms with Gasteiger partial charge < -0.3 is 39.0 Å². The second kappa shape index (κ2) is 55.6. The number of carboxylic acids is 1. The first-order chi connectivity index (χ1) is 39.6. The van der Waals surface area contributed by atoms with Gasteiger partial charge in [0.05, 0.1) is 6.61 Å². The summed E-state index contributed by atoms with van der Waals surface area (Å²) in [6, 6.07) is 0. The Balaban J connectivity index is 2.75. The summed E-state index contributed by atoms with van der Waals surface area (Å²) >= 11 is 0. The van der Waals surface area contributed by atoms with Crippen LogP contribution in [0.5, 0.6) is 0 Å². The maximum absolute atomic E-state index is 13.2. The lowest BCUT2D eigenvalue weighted by atomic mass is 9.98. The molecule has 0 saturated carbocycles. The molecule has 1 fully saturated rings. The zero-order chi connectivity index (χ0) is 58.9. The Morgan fingerprint density at radius 1 is 0.420 bits per heavy atom. The van der Waals surface area contributed by atoms with Gasteiger partial charge in [-0.25, -0.2) is 4.79 Å². The van der Waals surface area contributed by atoms with Gasteiger partial charge >= 0.3 is 23.9 Å². The van der Waals surface area contributed by atoms with E-state index in [2.05, 4.69) is 130 Å². The monoisotopic (exact) mass is 1130 g/mol. The minimum atomic E-state index is -1.92. The molecule has 0 aromatic rings. The Bertz CT molecular complexity index is 1870. The molecule has 12 nitrogen and oxygen atoms in total. The molecule has 0 bridgehead atoms. The van der Waals surface area contributed by atoms with Gasteiger partial charge in [-0.3, -0.25) is 14.4 Å². The number of rotatable bonds is 52. The molecule has 458 valence electrons. The van der Waals surface area contributed by atoms with Gasteiger partial charge in [0.2, 0.25) is 0 Å². The fraction of sp³-hybridized carbons (Fsp3) is 0.652. The number of hydrogen-bond donors (Lipinski definition) is 3. The molecule has 1 saturated heterocycles. The van der Waals surface area contributed by atoms with E-state index in [1.807, 2.05) is 12.2 Å². The molecular weight excluding hydrogens is 1020 g/mol. The highest BCUT2D eigenvalue weighted by molar-refractivity contribution is 5.74. The van der Waals surface area contributed by atoms with Gasteiger partial charge in [-0.05, 0) is 96.3 Å². The second-order valence-corrected chi connectivity index (χ2v) is 20.9. The van der Waals surface area contributed by atoms with Gasteiger partial charge in [0.15, 0.2) is 24.6 Å². The minimum Gasteiger partial charge on any atom is -0.479 e. The molecule has 3 N–H and O–H groups in total. The Labute approximate surface area is 490 Å². The molecule has 0 radical (unpaired) electrons. The van der Waals surface area contributed by atoms with Gasteiger partial charge in [-0.1, -0.05) is 245 Å². The molecule has 12 heteroatoms. The fourth-order valence-corrected chi connectivity index (χ4v) is 8.80. The summed E-state index contributed by atoms with van der Waals surface area (Å²) in [7, 11) is 0. The number of carboxylic acid groups (broad SMARTS) is 1. The first-order valence-corrected chi connectivity index (χ1v) is 31.5. The van der Waals surface area contributed by atoms with Crippen LogP contribution in [0.15, 0.2) is 122 Å². The molecule has 0 aliphatic carbocycles. The second-order valence-electron chi connectivity index (χ2n) is 20.9. The molecule has 81 heavy (non-hydrogen) atoms. The summed E-state index contributed by atoms with van der Waals surface area (Å²) in [5.74, 6) is -3.27. The summed E-state index contributed by atoms with van der Waals surface area (Å²) in [5.41, 5.74) is 0. The number of ether oxygens (including phenoxy) is 5. The van der Waals surface area contributed by atoms with Crippen LogP contribution >= 0.6 is 0 Å². The van der Waals surface area contributed by atoms with Gasteiger partial charge in [0.1, 0.15) is 18.8 Å². The molecule has 1 heterocycles. The molecular formula is C69H110O12. The first-order valence-electron chi connectivity index (χ1n) is 31.5. The summed E-state index contributed by atoms with van der Waals surface area (Å²) in [5, 5.41) is 31.6. The molecule has 0 amide bonds. The van der Waals surface area contributed by atoms with E-state index in [0.29, 0.717) is 19.3 Å². The lowest BCUT2D eigenvalue weighted by Crippen LogP contribution is -2.61. The number of carbonyl (C=O) groups is 4. The van der Waals surface area contributed by atoms with Crippen molar-refractivity contribution in [2.75, 3.05) is 13.2 Å². The van der Waals surface area contributed by atoms with Crippen molar-refractivity contribution in [3.63, 3.8) is 0 Å². The van der Waals surface area contributed by atoms with E-state index in [0.717, 1.165) is 116 Å². The lowest BCUT2D eigenvalue weighted by Gasteiger charge is -2.40. The van der Waals surface area contributed by atoms with Crippen molar-refractivity contribution in [3.8, 4) is 0 Å². The number of esters is 3. The van der Waals surface area contributed by atoms with Crippen LogP contribution in [0, 0.1) is 0 Å². The number of carbonyl (C=O) groups excluding carboxylic acids is 3. The SMILES string of the molecule is CC/C=C\C/C=C\C/C=C\C/C=C\C/C=C\C/C=C\CCC(=O)OCC(COC1OC(C(=O)O)C(O)C(O)C1OC(=O)CCCCCCCCCCCCCCCCC)OC(=O)CCCCCC/C=C\C/C=C\C/C=C\C/C=C\CC. The summed E-state index contributed by atoms with van der Waals surface area (Å²) in [6.07, 6.45) is 64.6. The van der Waals surface area contributed by atoms with Crippen LogP contribution < -0.4 is 0 Å². The van der Waals surface area contributed by atoms with Gasteiger partial charge in [0.25, 0.3) is 0 Å². The van der Waals surface area contributed by atoms with Crippen molar-refractivity contribution in [2.45, 2.75) is 276 Å². The predicted molar refractivity (Wildman–Crippen MR) is 330 cm³/mol. The van der Waals surface area contributed by atoms with Crippen molar-refractivity contribution in [1.82, 2.24) is 0 Å². The molecule has 1 aliphatic heterocycles. The molecule has 6 atom stereocenters. The van der Waals surface area contributed by atoms with Crippen molar-refractivity contribution >= 4 is 23.9 Å².